The third kappa shape index (κ3) is 5.84. The maximum Gasteiger partial charge on any atom is 0.310 e. The maximum absolute atomic E-state index is 11.9. The van der Waals surface area contributed by atoms with Gasteiger partial charge in [0.15, 0.2) is 6.61 Å². The summed E-state index contributed by atoms with van der Waals surface area (Å²) in [7, 11) is 3.12. The second-order valence-corrected chi connectivity index (χ2v) is 5.28. The maximum atomic E-state index is 11.9. The van der Waals surface area contributed by atoms with Gasteiger partial charge in [-0.3, -0.25) is 9.59 Å². The molecule has 0 bridgehead atoms. The van der Waals surface area contributed by atoms with Gasteiger partial charge in [-0.1, -0.05) is 30.3 Å². The molecule has 0 atom stereocenters. The lowest BCUT2D eigenvalue weighted by Gasteiger charge is -2.09. The molecule has 2 aromatic rings. The van der Waals surface area contributed by atoms with Crippen LogP contribution < -0.4 is 14.8 Å². The number of rotatable bonds is 8. The van der Waals surface area contributed by atoms with Crippen LogP contribution in [0.1, 0.15) is 11.1 Å². The molecule has 2 aromatic carbocycles. The van der Waals surface area contributed by atoms with E-state index in [1.165, 1.54) is 7.11 Å². The molecule has 0 spiro atoms. The van der Waals surface area contributed by atoms with Crippen LogP contribution in [0.25, 0.3) is 0 Å². The van der Waals surface area contributed by atoms with E-state index in [0.29, 0.717) is 17.9 Å². The summed E-state index contributed by atoms with van der Waals surface area (Å²) in [4.78, 5) is 23.7. The fourth-order valence-corrected chi connectivity index (χ4v) is 2.24. The molecule has 1 N–H and O–H groups in total. The van der Waals surface area contributed by atoms with E-state index in [4.69, 9.17) is 14.2 Å². The number of esters is 1. The van der Waals surface area contributed by atoms with Crippen molar-refractivity contribution < 1.29 is 23.8 Å². The van der Waals surface area contributed by atoms with Crippen molar-refractivity contribution in [1.82, 2.24) is 5.32 Å². The quantitative estimate of drug-likeness (QED) is 0.743. The minimum absolute atomic E-state index is 0.0488. The summed E-state index contributed by atoms with van der Waals surface area (Å²) >= 11 is 0. The molecule has 0 aromatic heterocycles. The number of nitrogens with one attached hydrogen (secondary N) is 1. The Bertz CT molecular complexity index is 729. The molecule has 0 saturated heterocycles. The first kappa shape index (κ1) is 18.3. The number of methoxy groups -OCH3 is 2. The standard InChI is InChI=1S/C19H21NO5/c1-23-16-8-5-6-14(10-16)12-20-18(21)13-25-19(22)11-15-7-3-4-9-17(15)24-2/h3-10H,11-13H2,1-2H3,(H,20,21). The highest BCUT2D eigenvalue weighted by molar-refractivity contribution is 5.81. The van der Waals surface area contributed by atoms with E-state index >= 15 is 0 Å². The van der Waals surface area contributed by atoms with Crippen molar-refractivity contribution in [3.63, 3.8) is 0 Å². The van der Waals surface area contributed by atoms with Crippen LogP contribution in [0.2, 0.25) is 0 Å². The Kier molecular flexibility index (Phi) is 6.83. The summed E-state index contributed by atoms with van der Waals surface area (Å²) in [6.45, 7) is 0.0119. The van der Waals surface area contributed by atoms with Gasteiger partial charge >= 0.3 is 5.97 Å². The fourth-order valence-electron chi connectivity index (χ4n) is 2.24. The van der Waals surface area contributed by atoms with Gasteiger partial charge in [0.2, 0.25) is 0 Å². The molecular weight excluding hydrogens is 322 g/mol. The van der Waals surface area contributed by atoms with Crippen LogP contribution in [-0.4, -0.2) is 32.7 Å². The highest BCUT2D eigenvalue weighted by Crippen LogP contribution is 2.18. The molecule has 0 aliphatic carbocycles. The van der Waals surface area contributed by atoms with E-state index in [9.17, 15) is 9.59 Å². The van der Waals surface area contributed by atoms with Crippen LogP contribution in [0.5, 0.6) is 11.5 Å². The summed E-state index contributed by atoms with van der Waals surface area (Å²) in [5.74, 6) is 0.481. The third-order valence-corrected chi connectivity index (χ3v) is 3.52. The van der Waals surface area contributed by atoms with Gasteiger partial charge in [0.1, 0.15) is 11.5 Å². The van der Waals surface area contributed by atoms with Gasteiger partial charge < -0.3 is 19.5 Å². The van der Waals surface area contributed by atoms with Crippen LogP contribution in [-0.2, 0) is 27.3 Å². The Morgan fingerprint density at radius 1 is 1.00 bits per heavy atom. The molecule has 1 amide bonds. The molecule has 0 aliphatic heterocycles. The summed E-state index contributed by atoms with van der Waals surface area (Å²) in [5.41, 5.74) is 1.61. The number of para-hydroxylation sites is 1. The smallest absolute Gasteiger partial charge is 0.310 e. The zero-order valence-corrected chi connectivity index (χ0v) is 14.3. The lowest BCUT2D eigenvalue weighted by Crippen LogP contribution is -2.28. The first-order chi connectivity index (χ1) is 12.1. The van der Waals surface area contributed by atoms with Crippen LogP contribution in [0.15, 0.2) is 48.5 Å². The average Bonchev–Trinajstić information content (AvgIpc) is 2.65. The minimum Gasteiger partial charge on any atom is -0.497 e. The molecule has 0 saturated carbocycles. The van der Waals surface area contributed by atoms with Gasteiger partial charge in [0, 0.05) is 12.1 Å². The van der Waals surface area contributed by atoms with Gasteiger partial charge in [0.25, 0.3) is 5.91 Å². The lowest BCUT2D eigenvalue weighted by atomic mass is 10.1. The topological polar surface area (TPSA) is 73.9 Å². The Hall–Kier alpha value is -3.02. The summed E-state index contributed by atoms with van der Waals surface area (Å²) < 4.78 is 15.3. The molecule has 0 unspecified atom stereocenters. The number of ether oxygens (including phenoxy) is 3. The predicted octanol–water partition coefficient (Wildman–Crippen LogP) is 2.11. The number of hydrogen-bond acceptors (Lipinski definition) is 5. The van der Waals surface area contributed by atoms with Crippen LogP contribution in [0.3, 0.4) is 0 Å². The molecule has 25 heavy (non-hydrogen) atoms. The third-order valence-electron chi connectivity index (χ3n) is 3.52. The number of hydrogen-bond donors (Lipinski definition) is 1. The van der Waals surface area contributed by atoms with E-state index in [1.807, 2.05) is 36.4 Å². The highest BCUT2D eigenvalue weighted by Gasteiger charge is 2.11. The molecule has 0 aliphatic rings. The van der Waals surface area contributed by atoms with Crippen molar-refractivity contribution in [3.05, 3.63) is 59.7 Å². The van der Waals surface area contributed by atoms with Crippen LogP contribution >= 0.6 is 0 Å². The Morgan fingerprint density at radius 2 is 1.80 bits per heavy atom. The van der Waals surface area contributed by atoms with E-state index in [0.717, 1.165) is 11.3 Å². The van der Waals surface area contributed by atoms with Gasteiger partial charge in [-0.05, 0) is 23.8 Å². The second kappa shape index (κ2) is 9.32. The largest absolute Gasteiger partial charge is 0.497 e. The van der Waals surface area contributed by atoms with Crippen molar-refractivity contribution in [2.75, 3.05) is 20.8 Å². The number of amides is 1. The van der Waals surface area contributed by atoms with E-state index in [2.05, 4.69) is 5.32 Å². The predicted molar refractivity (Wildman–Crippen MR) is 92.5 cm³/mol. The molecular formula is C19H21NO5. The van der Waals surface area contributed by atoms with Crippen molar-refractivity contribution in [1.29, 1.82) is 0 Å². The monoisotopic (exact) mass is 343 g/mol. The number of carbonyl (C=O) groups excluding carboxylic acids is 2. The van der Waals surface area contributed by atoms with Crippen molar-refractivity contribution in [2.45, 2.75) is 13.0 Å². The Morgan fingerprint density at radius 3 is 2.56 bits per heavy atom. The normalized spacial score (nSPS) is 10.0. The van der Waals surface area contributed by atoms with E-state index in [1.54, 1.807) is 19.2 Å². The van der Waals surface area contributed by atoms with E-state index in [-0.39, 0.29) is 18.9 Å². The number of benzene rings is 2. The molecule has 0 fully saturated rings. The minimum atomic E-state index is -0.485. The number of carbonyl (C=O) groups is 2. The van der Waals surface area contributed by atoms with Crippen molar-refractivity contribution in [3.8, 4) is 11.5 Å². The van der Waals surface area contributed by atoms with Crippen LogP contribution in [0, 0.1) is 0 Å². The summed E-state index contributed by atoms with van der Waals surface area (Å²) in [6, 6.07) is 14.5. The zero-order chi connectivity index (χ0) is 18.1. The Labute approximate surface area is 146 Å². The molecule has 6 nitrogen and oxygen atoms in total. The first-order valence-corrected chi connectivity index (χ1v) is 7.79. The lowest BCUT2D eigenvalue weighted by molar-refractivity contribution is -0.147. The molecule has 6 heteroatoms. The second-order valence-electron chi connectivity index (χ2n) is 5.28. The molecule has 132 valence electrons. The first-order valence-electron chi connectivity index (χ1n) is 7.79. The summed E-state index contributed by atoms with van der Waals surface area (Å²) in [5, 5.41) is 2.70. The zero-order valence-electron chi connectivity index (χ0n) is 14.3. The van der Waals surface area contributed by atoms with Crippen LogP contribution in [0.4, 0.5) is 0 Å². The fraction of sp³-hybridized carbons (Fsp3) is 0.263. The average molecular weight is 343 g/mol. The van der Waals surface area contributed by atoms with Gasteiger partial charge in [-0.2, -0.15) is 0 Å². The van der Waals surface area contributed by atoms with Crippen molar-refractivity contribution >= 4 is 11.9 Å². The van der Waals surface area contributed by atoms with E-state index < -0.39 is 5.97 Å². The molecule has 2 rings (SSSR count). The van der Waals surface area contributed by atoms with Crippen molar-refractivity contribution in [2.24, 2.45) is 0 Å². The molecule has 0 radical (unpaired) electrons. The highest BCUT2D eigenvalue weighted by atomic mass is 16.5. The van der Waals surface area contributed by atoms with Gasteiger partial charge in [-0.25, -0.2) is 0 Å². The van der Waals surface area contributed by atoms with Gasteiger partial charge in [-0.15, -0.1) is 0 Å². The summed E-state index contributed by atoms with van der Waals surface area (Å²) in [6.07, 6.45) is 0.0488. The Balaban J connectivity index is 1.76. The molecule has 0 heterocycles. The van der Waals surface area contributed by atoms with Gasteiger partial charge in [0.05, 0.1) is 20.6 Å². The SMILES string of the molecule is COc1cccc(CNC(=O)COC(=O)Cc2ccccc2OC)c1.